The number of hydrogen-bond donors (Lipinski definition) is 1. The highest BCUT2D eigenvalue weighted by atomic mass is 19.1. The number of carboxylic acids is 1. The first-order valence-electron chi connectivity index (χ1n) is 11.1. The van der Waals surface area contributed by atoms with Crippen LogP contribution in [0.15, 0.2) is 24.3 Å². The molecule has 2 heterocycles. The Bertz CT molecular complexity index is 786. The van der Waals surface area contributed by atoms with Crippen molar-refractivity contribution in [3.63, 3.8) is 0 Å². The van der Waals surface area contributed by atoms with Gasteiger partial charge in [0, 0.05) is 51.6 Å². The SMILES string of the molecule is CC(=O)N1CCCN(CC[C@@H]2CN(C(=O)c3ccc(F)cc3)CC[C@H]2CC(=O)O)CC1. The fourth-order valence-electron chi connectivity index (χ4n) is 4.72. The molecule has 1 aromatic rings. The number of nitrogens with zero attached hydrogens (tertiary/aromatic N) is 3. The van der Waals surface area contributed by atoms with Crippen molar-refractivity contribution in [1.82, 2.24) is 14.7 Å². The van der Waals surface area contributed by atoms with Crippen LogP contribution in [-0.2, 0) is 9.59 Å². The van der Waals surface area contributed by atoms with Crippen molar-refractivity contribution < 1.29 is 23.9 Å². The van der Waals surface area contributed by atoms with Crippen LogP contribution in [0.2, 0.25) is 0 Å². The summed E-state index contributed by atoms with van der Waals surface area (Å²) in [5.74, 6) is -1.08. The van der Waals surface area contributed by atoms with Crippen molar-refractivity contribution in [2.75, 3.05) is 45.8 Å². The molecule has 8 heteroatoms. The summed E-state index contributed by atoms with van der Waals surface area (Å²) >= 11 is 0. The lowest BCUT2D eigenvalue weighted by atomic mass is 9.81. The highest BCUT2D eigenvalue weighted by molar-refractivity contribution is 5.94. The van der Waals surface area contributed by atoms with Crippen LogP contribution in [0, 0.1) is 17.7 Å². The molecule has 170 valence electrons. The Kier molecular flexibility index (Phi) is 8.01. The summed E-state index contributed by atoms with van der Waals surface area (Å²) < 4.78 is 13.2. The molecule has 0 saturated carbocycles. The minimum Gasteiger partial charge on any atom is -0.481 e. The summed E-state index contributed by atoms with van der Waals surface area (Å²) in [5.41, 5.74) is 0.452. The minimum atomic E-state index is -0.805. The summed E-state index contributed by atoms with van der Waals surface area (Å²) in [6.45, 7) is 6.67. The standard InChI is InChI=1S/C23H32FN3O4/c1-17(28)26-10-2-9-25(13-14-26)11-7-20-16-27(12-8-19(20)15-22(29)30)23(31)18-3-5-21(24)6-4-18/h3-6,19-20H,2,7-16H2,1H3,(H,29,30)/t19-,20+/m0/s1. The van der Waals surface area contributed by atoms with Crippen LogP contribution in [-0.4, -0.2) is 83.4 Å². The maximum atomic E-state index is 13.2. The Balaban J connectivity index is 1.61. The van der Waals surface area contributed by atoms with Gasteiger partial charge in [0.05, 0.1) is 0 Å². The first kappa shape index (κ1) is 23.2. The molecule has 2 fully saturated rings. The first-order chi connectivity index (χ1) is 14.8. The van der Waals surface area contributed by atoms with E-state index >= 15 is 0 Å². The fraction of sp³-hybridized carbons (Fsp3) is 0.609. The second kappa shape index (κ2) is 10.7. The number of benzene rings is 1. The topological polar surface area (TPSA) is 81.2 Å². The monoisotopic (exact) mass is 433 g/mol. The number of hydrogen-bond acceptors (Lipinski definition) is 4. The van der Waals surface area contributed by atoms with Crippen LogP contribution < -0.4 is 0 Å². The van der Waals surface area contributed by atoms with Crippen molar-refractivity contribution >= 4 is 17.8 Å². The molecule has 1 N–H and O–H groups in total. The number of carboxylic acid groups (broad SMARTS) is 1. The minimum absolute atomic E-state index is 0.0375. The smallest absolute Gasteiger partial charge is 0.303 e. The average molecular weight is 434 g/mol. The van der Waals surface area contributed by atoms with Gasteiger partial charge in [-0.15, -0.1) is 0 Å². The summed E-state index contributed by atoms with van der Waals surface area (Å²) in [7, 11) is 0. The second-order valence-corrected chi connectivity index (χ2v) is 8.65. The van der Waals surface area contributed by atoms with E-state index in [1.807, 2.05) is 4.90 Å². The molecule has 0 unspecified atom stereocenters. The Labute approximate surface area is 182 Å². The van der Waals surface area contributed by atoms with E-state index in [-0.39, 0.29) is 35.9 Å². The van der Waals surface area contributed by atoms with Crippen molar-refractivity contribution in [3.05, 3.63) is 35.6 Å². The largest absolute Gasteiger partial charge is 0.481 e. The van der Waals surface area contributed by atoms with Crippen LogP contribution in [0.3, 0.4) is 0 Å². The van der Waals surface area contributed by atoms with Gasteiger partial charge >= 0.3 is 5.97 Å². The molecule has 0 aromatic heterocycles. The molecular weight excluding hydrogens is 401 g/mol. The molecule has 3 rings (SSSR count). The maximum Gasteiger partial charge on any atom is 0.303 e. The Hall–Kier alpha value is -2.48. The number of amides is 2. The third-order valence-electron chi connectivity index (χ3n) is 6.56. The molecule has 7 nitrogen and oxygen atoms in total. The van der Waals surface area contributed by atoms with Gasteiger partial charge in [0.1, 0.15) is 5.82 Å². The summed E-state index contributed by atoms with van der Waals surface area (Å²) in [5, 5.41) is 9.33. The molecular formula is C23H32FN3O4. The molecule has 0 radical (unpaired) electrons. The van der Waals surface area contributed by atoms with E-state index in [0.717, 1.165) is 39.0 Å². The predicted molar refractivity (Wildman–Crippen MR) is 114 cm³/mol. The van der Waals surface area contributed by atoms with E-state index in [9.17, 15) is 23.9 Å². The molecule has 2 saturated heterocycles. The van der Waals surface area contributed by atoms with E-state index in [4.69, 9.17) is 0 Å². The van der Waals surface area contributed by atoms with Crippen LogP contribution in [0.5, 0.6) is 0 Å². The van der Waals surface area contributed by atoms with Crippen LogP contribution in [0.25, 0.3) is 0 Å². The predicted octanol–water partition coefficient (Wildman–Crippen LogP) is 2.32. The average Bonchev–Trinajstić information content (AvgIpc) is 2.98. The zero-order valence-electron chi connectivity index (χ0n) is 18.1. The van der Waals surface area contributed by atoms with Gasteiger partial charge in [-0.05, 0) is 68.5 Å². The number of rotatable bonds is 6. The first-order valence-corrected chi connectivity index (χ1v) is 11.1. The third-order valence-corrected chi connectivity index (χ3v) is 6.56. The molecule has 0 spiro atoms. The Morgan fingerprint density at radius 1 is 1.00 bits per heavy atom. The van der Waals surface area contributed by atoms with E-state index in [1.54, 1.807) is 11.8 Å². The summed E-state index contributed by atoms with van der Waals surface area (Å²) in [4.78, 5) is 41.9. The molecule has 2 atom stereocenters. The quantitative estimate of drug-likeness (QED) is 0.745. The molecule has 31 heavy (non-hydrogen) atoms. The molecule has 2 aliphatic heterocycles. The van der Waals surface area contributed by atoms with Gasteiger partial charge in [-0.3, -0.25) is 14.4 Å². The van der Waals surface area contributed by atoms with Crippen LogP contribution >= 0.6 is 0 Å². The lowest BCUT2D eigenvalue weighted by Crippen LogP contribution is -2.45. The van der Waals surface area contributed by atoms with Gasteiger partial charge in [0.25, 0.3) is 5.91 Å². The summed E-state index contributed by atoms with van der Waals surface area (Å²) in [6, 6.07) is 5.55. The normalized spacial score (nSPS) is 22.8. The Morgan fingerprint density at radius 2 is 1.74 bits per heavy atom. The van der Waals surface area contributed by atoms with Crippen LogP contribution in [0.1, 0.15) is 43.0 Å². The van der Waals surface area contributed by atoms with Gasteiger partial charge in [0.2, 0.25) is 5.91 Å². The van der Waals surface area contributed by atoms with E-state index in [2.05, 4.69) is 4.90 Å². The number of halogens is 1. The Morgan fingerprint density at radius 3 is 2.42 bits per heavy atom. The van der Waals surface area contributed by atoms with Crippen molar-refractivity contribution in [3.8, 4) is 0 Å². The maximum absolute atomic E-state index is 13.2. The van der Waals surface area contributed by atoms with E-state index in [0.29, 0.717) is 31.6 Å². The lowest BCUT2D eigenvalue weighted by molar-refractivity contribution is -0.139. The number of piperidine rings is 1. The fourth-order valence-corrected chi connectivity index (χ4v) is 4.72. The lowest BCUT2D eigenvalue weighted by Gasteiger charge is -2.39. The van der Waals surface area contributed by atoms with Gasteiger partial charge in [-0.1, -0.05) is 0 Å². The van der Waals surface area contributed by atoms with Crippen LogP contribution in [0.4, 0.5) is 4.39 Å². The van der Waals surface area contributed by atoms with Gasteiger partial charge < -0.3 is 19.8 Å². The zero-order chi connectivity index (χ0) is 22.4. The number of carbonyl (C=O) groups excluding carboxylic acids is 2. The van der Waals surface area contributed by atoms with E-state index < -0.39 is 5.97 Å². The van der Waals surface area contributed by atoms with Crippen molar-refractivity contribution in [1.29, 1.82) is 0 Å². The highest BCUT2D eigenvalue weighted by Gasteiger charge is 2.33. The van der Waals surface area contributed by atoms with Gasteiger partial charge in [-0.2, -0.15) is 0 Å². The summed E-state index contributed by atoms with van der Waals surface area (Å²) in [6.07, 6.45) is 2.51. The molecule has 2 aliphatic rings. The van der Waals surface area contributed by atoms with Crippen molar-refractivity contribution in [2.24, 2.45) is 11.8 Å². The number of carbonyl (C=O) groups is 3. The van der Waals surface area contributed by atoms with Gasteiger partial charge in [0.15, 0.2) is 0 Å². The molecule has 0 bridgehead atoms. The molecule has 2 amide bonds. The number of aliphatic carboxylic acids is 1. The zero-order valence-corrected chi connectivity index (χ0v) is 18.1. The third kappa shape index (κ3) is 6.50. The molecule has 0 aliphatic carbocycles. The van der Waals surface area contributed by atoms with Gasteiger partial charge in [-0.25, -0.2) is 4.39 Å². The number of likely N-dealkylation sites (tertiary alicyclic amines) is 1. The van der Waals surface area contributed by atoms with E-state index in [1.165, 1.54) is 24.3 Å². The second-order valence-electron chi connectivity index (χ2n) is 8.65. The highest BCUT2D eigenvalue weighted by Crippen LogP contribution is 2.30. The van der Waals surface area contributed by atoms with Crippen molar-refractivity contribution in [2.45, 2.75) is 32.6 Å². The molecule has 1 aromatic carbocycles.